The molecule has 0 aromatic heterocycles. The molecule has 0 heterocycles. The summed E-state index contributed by atoms with van der Waals surface area (Å²) in [4.78, 5) is 37.6. The lowest BCUT2D eigenvalue weighted by Gasteiger charge is -2.26. The highest BCUT2D eigenvalue weighted by Crippen LogP contribution is 2.20. The summed E-state index contributed by atoms with van der Waals surface area (Å²) in [5.74, 6) is -2.24. The van der Waals surface area contributed by atoms with Gasteiger partial charge in [0.2, 0.25) is 0 Å². The van der Waals surface area contributed by atoms with Gasteiger partial charge in [0, 0.05) is 12.8 Å². The highest BCUT2D eigenvalue weighted by atomic mass is 16.7. The molecular weight excluding hydrogens is 1170 g/mol. The van der Waals surface area contributed by atoms with E-state index in [0.29, 0.717) is 17.4 Å². The van der Waals surface area contributed by atoms with Gasteiger partial charge in [-0.1, -0.05) is 409 Å². The van der Waals surface area contributed by atoms with Crippen LogP contribution in [0.5, 0.6) is 0 Å². The van der Waals surface area contributed by atoms with Gasteiger partial charge in [-0.15, -0.1) is 0 Å². The van der Waals surface area contributed by atoms with E-state index >= 15 is 0 Å². The molecule has 0 radical (unpaired) electrons. The maximum absolute atomic E-state index is 13.0. The Morgan fingerprint density at radius 2 is 0.600 bits per heavy atom. The third kappa shape index (κ3) is 78.5. The van der Waals surface area contributed by atoms with Crippen LogP contribution in [-0.4, -0.2) is 82.3 Å². The predicted octanol–water partition coefficient (Wildman–Crippen LogP) is 25.5. The second-order valence-corrected chi connectivity index (χ2v) is 29.8. The zero-order valence-electron chi connectivity index (χ0n) is 64.1. The number of carbonyl (C=O) groups is 3. The van der Waals surface area contributed by atoms with E-state index in [0.717, 1.165) is 64.2 Å². The minimum Gasteiger partial charge on any atom is -0.545 e. The smallest absolute Gasteiger partial charge is 0.306 e. The molecular formula is C86H161NO8. The third-order valence-electron chi connectivity index (χ3n) is 19.1. The van der Waals surface area contributed by atoms with E-state index in [1.54, 1.807) is 0 Å². The molecule has 0 N–H and O–H groups in total. The van der Waals surface area contributed by atoms with E-state index < -0.39 is 24.3 Å². The van der Waals surface area contributed by atoms with Crippen molar-refractivity contribution in [1.29, 1.82) is 0 Å². The van der Waals surface area contributed by atoms with Crippen LogP contribution >= 0.6 is 0 Å². The average molecular weight is 1340 g/mol. The van der Waals surface area contributed by atoms with E-state index in [9.17, 15) is 19.5 Å². The van der Waals surface area contributed by atoms with Crippen LogP contribution in [0.2, 0.25) is 0 Å². The fourth-order valence-corrected chi connectivity index (χ4v) is 12.8. The van der Waals surface area contributed by atoms with Crippen LogP contribution in [0.1, 0.15) is 425 Å². The maximum Gasteiger partial charge on any atom is 0.306 e. The fourth-order valence-electron chi connectivity index (χ4n) is 12.8. The number of hydrogen-bond acceptors (Lipinski definition) is 8. The molecule has 0 fully saturated rings. The van der Waals surface area contributed by atoms with E-state index in [4.69, 9.17) is 18.9 Å². The van der Waals surface area contributed by atoms with Crippen molar-refractivity contribution >= 4 is 17.9 Å². The summed E-state index contributed by atoms with van der Waals surface area (Å²) >= 11 is 0. The molecule has 0 aliphatic rings. The summed E-state index contributed by atoms with van der Waals surface area (Å²) in [5.41, 5.74) is 0. The van der Waals surface area contributed by atoms with E-state index in [1.807, 2.05) is 21.1 Å². The number of hydrogen-bond donors (Lipinski definition) is 0. The molecule has 9 nitrogen and oxygen atoms in total. The van der Waals surface area contributed by atoms with Gasteiger partial charge in [0.05, 0.1) is 40.3 Å². The van der Waals surface area contributed by atoms with Crippen molar-refractivity contribution in [3.63, 3.8) is 0 Å². The highest BCUT2D eigenvalue weighted by molar-refractivity contribution is 5.70. The van der Waals surface area contributed by atoms with Gasteiger partial charge >= 0.3 is 11.9 Å². The van der Waals surface area contributed by atoms with Crippen LogP contribution in [-0.2, 0) is 33.3 Å². The number of ether oxygens (including phenoxy) is 4. The Hall–Kier alpha value is -2.75. The number of carboxylic acids is 1. The second-order valence-electron chi connectivity index (χ2n) is 29.8. The van der Waals surface area contributed by atoms with Gasteiger partial charge in [-0.05, 0) is 51.4 Å². The molecule has 0 aromatic rings. The minimum atomic E-state index is -1.62. The number of nitrogens with zero attached hydrogens (tertiary/aromatic N) is 1. The predicted molar refractivity (Wildman–Crippen MR) is 408 cm³/mol. The van der Waals surface area contributed by atoms with Crippen molar-refractivity contribution in [1.82, 2.24) is 0 Å². The molecule has 0 rings (SSSR count). The number of carbonyl (C=O) groups excluding carboxylic acids is 3. The zero-order valence-corrected chi connectivity index (χ0v) is 64.1. The number of aliphatic carboxylic acids is 1. The van der Waals surface area contributed by atoms with E-state index in [2.05, 4.69) is 62.5 Å². The largest absolute Gasteiger partial charge is 0.545 e. The van der Waals surface area contributed by atoms with Crippen LogP contribution in [0.4, 0.5) is 0 Å². The molecule has 558 valence electrons. The molecule has 0 saturated heterocycles. The fraction of sp³-hybridized carbons (Fsp3) is 0.872. The van der Waals surface area contributed by atoms with Gasteiger partial charge in [-0.2, -0.15) is 0 Å². The lowest BCUT2D eigenvalue weighted by Crippen LogP contribution is -2.44. The summed E-state index contributed by atoms with van der Waals surface area (Å²) in [5, 5.41) is 11.9. The number of unbranched alkanes of at least 4 members (excludes halogenated alkanes) is 56. The molecule has 0 spiro atoms. The van der Waals surface area contributed by atoms with Crippen LogP contribution in [0.25, 0.3) is 0 Å². The lowest BCUT2D eigenvalue weighted by molar-refractivity contribution is -0.870. The highest BCUT2D eigenvalue weighted by Gasteiger charge is 2.22. The molecule has 9 heteroatoms. The van der Waals surface area contributed by atoms with Gasteiger partial charge in [0.25, 0.3) is 0 Å². The van der Waals surface area contributed by atoms with Gasteiger partial charge in [-0.25, -0.2) is 0 Å². The van der Waals surface area contributed by atoms with Crippen molar-refractivity contribution in [3.05, 3.63) is 48.6 Å². The summed E-state index contributed by atoms with van der Waals surface area (Å²) in [7, 11) is 5.96. The van der Waals surface area contributed by atoms with Gasteiger partial charge in [0.1, 0.15) is 13.2 Å². The zero-order chi connectivity index (χ0) is 69.0. The molecule has 0 amide bonds. The van der Waals surface area contributed by atoms with Crippen molar-refractivity contribution in [2.24, 2.45) is 0 Å². The monoisotopic (exact) mass is 1340 g/mol. The lowest BCUT2D eigenvalue weighted by atomic mass is 10.0. The summed E-state index contributed by atoms with van der Waals surface area (Å²) in [6.07, 6.45) is 98.3. The van der Waals surface area contributed by atoms with Crippen LogP contribution in [0.15, 0.2) is 48.6 Å². The van der Waals surface area contributed by atoms with E-state index in [1.165, 1.54) is 334 Å². The SMILES string of the molecule is CC/C=C\C/C=C\C/C=C\C/C=C\CCCCCCCCCCCCCCCCCCCCCCCCCCCCCCC(=O)OC(COC(=O)CCCCCCCCCCCCCCCCCCCCCCCCCCCCCCC)COC(OCC[N+](C)(C)C)C(=O)[O-]. The Balaban J connectivity index is 3.91. The average Bonchev–Trinajstić information content (AvgIpc) is 3.54. The normalized spacial score (nSPS) is 12.8. The standard InChI is InChI=1S/C86H161NO8/c1-6-8-10-12-14-16-18-20-22-24-26-28-30-32-34-36-37-38-39-40-41-42-43-44-45-46-47-49-51-53-55-57-59-61-63-65-67-69-71-73-75-77-84(89)95-82(81-94-86(85(90)91)92-79-78-87(3,4)5)80-93-83(88)76-74-72-70-68-66-64-62-60-58-56-54-52-50-48-35-33-31-29-27-25-23-21-19-17-15-13-11-9-7-2/h8,10,14,16,20,22,26,28,82,86H,6-7,9,11-13,15,17-19,21,23-25,27,29-81H2,1-5H3/b10-8-,16-14-,22-20-,28-26-. The number of quaternary nitrogens is 1. The van der Waals surface area contributed by atoms with E-state index in [-0.39, 0.29) is 32.2 Å². The Morgan fingerprint density at radius 3 is 0.895 bits per heavy atom. The number of likely N-dealkylation sites (N-methyl/N-ethyl adjacent to an activating group) is 1. The first kappa shape index (κ1) is 92.2. The summed E-state index contributed by atoms with van der Waals surface area (Å²) in [6.45, 7) is 4.72. The Kier molecular flexibility index (Phi) is 74.8. The second kappa shape index (κ2) is 77.0. The Bertz CT molecular complexity index is 1700. The minimum absolute atomic E-state index is 0.152. The van der Waals surface area contributed by atoms with Crippen LogP contribution < -0.4 is 5.11 Å². The Labute approximate surface area is 591 Å². The van der Waals surface area contributed by atoms with Gasteiger partial charge in [0.15, 0.2) is 12.4 Å². The summed E-state index contributed by atoms with van der Waals surface area (Å²) < 4.78 is 22.9. The number of allylic oxidation sites excluding steroid dienone is 8. The maximum atomic E-state index is 13.0. The van der Waals surface area contributed by atoms with Crippen molar-refractivity contribution < 1.29 is 42.9 Å². The third-order valence-corrected chi connectivity index (χ3v) is 19.1. The number of carboxylic acid groups (broad SMARTS) is 1. The number of esters is 2. The van der Waals surface area contributed by atoms with Crippen molar-refractivity contribution in [2.75, 3.05) is 47.5 Å². The van der Waals surface area contributed by atoms with Crippen LogP contribution in [0, 0.1) is 0 Å². The quantitative estimate of drug-likeness (QED) is 0.0195. The van der Waals surface area contributed by atoms with Crippen molar-refractivity contribution in [2.45, 2.75) is 437 Å². The van der Waals surface area contributed by atoms with Gasteiger partial charge < -0.3 is 33.3 Å². The molecule has 0 aliphatic carbocycles. The van der Waals surface area contributed by atoms with Crippen molar-refractivity contribution in [3.8, 4) is 0 Å². The molecule has 2 atom stereocenters. The Morgan fingerprint density at radius 1 is 0.326 bits per heavy atom. The molecule has 95 heavy (non-hydrogen) atoms. The molecule has 2 unspecified atom stereocenters. The molecule has 0 aromatic carbocycles. The first-order valence-corrected chi connectivity index (χ1v) is 41.8. The first-order chi connectivity index (χ1) is 46.6. The molecule has 0 saturated carbocycles. The van der Waals surface area contributed by atoms with Gasteiger partial charge in [-0.3, -0.25) is 9.59 Å². The first-order valence-electron chi connectivity index (χ1n) is 41.8. The summed E-state index contributed by atoms with van der Waals surface area (Å²) in [6, 6.07) is 0. The molecule has 0 bridgehead atoms. The number of rotatable bonds is 79. The van der Waals surface area contributed by atoms with Crippen LogP contribution in [0.3, 0.4) is 0 Å². The molecule has 0 aliphatic heterocycles. The topological polar surface area (TPSA) is 111 Å².